The molecule has 146 valence electrons. The summed E-state index contributed by atoms with van der Waals surface area (Å²) in [6, 6.07) is 1.71. The van der Waals surface area contributed by atoms with Crippen molar-refractivity contribution >= 4 is 11.8 Å². The van der Waals surface area contributed by atoms with Crippen LogP contribution in [0.4, 0.5) is 8.78 Å². The van der Waals surface area contributed by atoms with E-state index >= 15 is 0 Å². The first-order valence-corrected chi connectivity index (χ1v) is 8.73. The van der Waals surface area contributed by atoms with E-state index in [-0.39, 0.29) is 18.1 Å². The number of carbonyl (C=O) groups is 2. The molecule has 1 saturated heterocycles. The van der Waals surface area contributed by atoms with Crippen LogP contribution in [0.15, 0.2) is 24.0 Å². The second kappa shape index (κ2) is 7.74. The van der Waals surface area contributed by atoms with Crippen molar-refractivity contribution < 1.29 is 37.7 Å². The number of rotatable bonds is 6. The highest BCUT2D eigenvalue weighted by Crippen LogP contribution is 2.46. The monoisotopic (exact) mass is 382 g/mol. The van der Waals surface area contributed by atoms with Gasteiger partial charge in [0.25, 0.3) is 0 Å². The standard InChI is InChI=1S/C19H20F2O6/c1-2-25-10-14(18(23)24)17(22)13-8-15(20)12(7-16(13)21)11-3-4-19(9-11)26-5-6-27-19/h7-8,10-11H,2-6,9H2,1H3,(H,23,24)/b14-10+. The Hall–Kier alpha value is -2.32. The third-order valence-electron chi connectivity index (χ3n) is 4.86. The number of carbonyl (C=O) groups excluding carboxylic acids is 1. The van der Waals surface area contributed by atoms with Gasteiger partial charge in [-0.25, -0.2) is 13.6 Å². The maximum Gasteiger partial charge on any atom is 0.342 e. The van der Waals surface area contributed by atoms with E-state index in [1.807, 2.05) is 0 Å². The number of halogens is 2. The molecule has 1 unspecified atom stereocenters. The number of ketones is 1. The minimum absolute atomic E-state index is 0.130. The van der Waals surface area contributed by atoms with Crippen LogP contribution in [-0.4, -0.2) is 42.5 Å². The minimum Gasteiger partial charge on any atom is -0.500 e. The van der Waals surface area contributed by atoms with Gasteiger partial charge in [0.1, 0.15) is 23.5 Å². The number of benzene rings is 1. The van der Waals surface area contributed by atoms with E-state index in [2.05, 4.69) is 0 Å². The Balaban J connectivity index is 1.87. The zero-order valence-corrected chi connectivity index (χ0v) is 14.8. The molecule has 0 aromatic heterocycles. The summed E-state index contributed by atoms with van der Waals surface area (Å²) in [6.45, 7) is 2.68. The molecule has 1 aliphatic heterocycles. The lowest BCUT2D eigenvalue weighted by molar-refractivity contribution is -0.151. The predicted molar refractivity (Wildman–Crippen MR) is 89.3 cm³/mol. The van der Waals surface area contributed by atoms with E-state index in [0.717, 1.165) is 18.4 Å². The molecule has 1 aromatic rings. The van der Waals surface area contributed by atoms with Crippen molar-refractivity contribution in [1.29, 1.82) is 0 Å². The third-order valence-corrected chi connectivity index (χ3v) is 4.86. The number of ether oxygens (including phenoxy) is 3. The zero-order valence-electron chi connectivity index (χ0n) is 14.8. The molecule has 2 fully saturated rings. The van der Waals surface area contributed by atoms with Crippen molar-refractivity contribution in [2.24, 2.45) is 0 Å². The van der Waals surface area contributed by atoms with Crippen molar-refractivity contribution in [3.05, 3.63) is 46.7 Å². The number of Topliss-reactive ketones (excluding diaryl/α,β-unsaturated/α-hetero) is 1. The smallest absolute Gasteiger partial charge is 0.342 e. The van der Waals surface area contributed by atoms with Gasteiger partial charge >= 0.3 is 5.97 Å². The molecule has 1 N–H and O–H groups in total. The van der Waals surface area contributed by atoms with Gasteiger partial charge in [0, 0.05) is 12.8 Å². The molecule has 0 radical (unpaired) electrons. The second-order valence-corrected chi connectivity index (χ2v) is 6.52. The van der Waals surface area contributed by atoms with Gasteiger partial charge in [0.2, 0.25) is 5.78 Å². The van der Waals surface area contributed by atoms with Gasteiger partial charge in [-0.2, -0.15) is 0 Å². The first-order chi connectivity index (χ1) is 12.9. The number of aliphatic carboxylic acids is 1. The Labute approximate surface area is 154 Å². The quantitative estimate of drug-likeness (QED) is 0.268. The SMILES string of the molecule is CCO/C=C(/C(=O)O)C(=O)c1cc(F)c(C2CCC3(C2)OCCO3)cc1F. The first-order valence-electron chi connectivity index (χ1n) is 8.73. The summed E-state index contributed by atoms with van der Waals surface area (Å²) in [5.74, 6) is -5.51. The van der Waals surface area contributed by atoms with E-state index in [1.165, 1.54) is 0 Å². The molecule has 27 heavy (non-hydrogen) atoms. The summed E-state index contributed by atoms with van der Waals surface area (Å²) in [5, 5.41) is 9.12. The summed E-state index contributed by atoms with van der Waals surface area (Å²) in [4.78, 5) is 23.5. The van der Waals surface area contributed by atoms with Crippen molar-refractivity contribution in [3.8, 4) is 0 Å². The Morgan fingerprint density at radius 1 is 1.30 bits per heavy atom. The molecule has 3 rings (SSSR count). The average molecular weight is 382 g/mol. The van der Waals surface area contributed by atoms with Crippen molar-refractivity contribution in [2.45, 2.75) is 37.9 Å². The summed E-state index contributed by atoms with van der Waals surface area (Å²) >= 11 is 0. The number of carboxylic acids is 1. The lowest BCUT2D eigenvalue weighted by Gasteiger charge is -2.21. The van der Waals surface area contributed by atoms with Crippen LogP contribution < -0.4 is 0 Å². The molecule has 8 heteroatoms. The van der Waals surface area contributed by atoms with E-state index < -0.39 is 40.3 Å². The molecule has 1 aliphatic carbocycles. The fourth-order valence-electron chi connectivity index (χ4n) is 3.56. The van der Waals surface area contributed by atoms with E-state index in [9.17, 15) is 18.4 Å². The van der Waals surface area contributed by atoms with Gasteiger partial charge in [0.05, 0.1) is 25.4 Å². The van der Waals surface area contributed by atoms with E-state index in [4.69, 9.17) is 19.3 Å². The highest BCUT2D eigenvalue weighted by molar-refractivity contribution is 6.23. The summed E-state index contributed by atoms with van der Waals surface area (Å²) in [5.41, 5.74) is -1.29. The van der Waals surface area contributed by atoms with Crippen LogP contribution in [0.5, 0.6) is 0 Å². The Morgan fingerprint density at radius 2 is 2.00 bits per heavy atom. The van der Waals surface area contributed by atoms with Crippen LogP contribution in [0, 0.1) is 11.6 Å². The zero-order chi connectivity index (χ0) is 19.6. The molecule has 1 saturated carbocycles. The van der Waals surface area contributed by atoms with Gasteiger partial charge in [-0.05, 0) is 37.0 Å². The molecule has 1 heterocycles. The molecular formula is C19H20F2O6. The Kier molecular flexibility index (Phi) is 5.57. The second-order valence-electron chi connectivity index (χ2n) is 6.52. The number of hydrogen-bond donors (Lipinski definition) is 1. The van der Waals surface area contributed by atoms with Gasteiger partial charge < -0.3 is 19.3 Å². The predicted octanol–water partition coefficient (Wildman–Crippen LogP) is 3.16. The lowest BCUT2D eigenvalue weighted by atomic mass is 9.93. The molecular weight excluding hydrogens is 362 g/mol. The van der Waals surface area contributed by atoms with Crippen molar-refractivity contribution in [3.63, 3.8) is 0 Å². The summed E-state index contributed by atoms with van der Waals surface area (Å²) in [7, 11) is 0. The van der Waals surface area contributed by atoms with Gasteiger partial charge in [-0.1, -0.05) is 0 Å². The van der Waals surface area contributed by atoms with Gasteiger partial charge in [-0.15, -0.1) is 0 Å². The van der Waals surface area contributed by atoms with Crippen LogP contribution in [0.3, 0.4) is 0 Å². The normalized spacial score (nSPS) is 21.6. The summed E-state index contributed by atoms with van der Waals surface area (Å²) in [6.07, 6.45) is 2.29. The van der Waals surface area contributed by atoms with Gasteiger partial charge in [0.15, 0.2) is 5.79 Å². The fraction of sp³-hybridized carbons (Fsp3) is 0.474. The average Bonchev–Trinajstić information content (AvgIpc) is 3.26. The maximum atomic E-state index is 14.6. The molecule has 0 amide bonds. The van der Waals surface area contributed by atoms with Gasteiger partial charge in [-0.3, -0.25) is 4.79 Å². The molecule has 6 nitrogen and oxygen atoms in total. The number of carboxylic acid groups (broad SMARTS) is 1. The molecule has 1 aromatic carbocycles. The largest absolute Gasteiger partial charge is 0.500 e. The highest BCUT2D eigenvalue weighted by atomic mass is 19.1. The molecule has 1 atom stereocenters. The topological polar surface area (TPSA) is 82.1 Å². The van der Waals surface area contributed by atoms with Crippen LogP contribution in [-0.2, 0) is 19.0 Å². The fourth-order valence-corrected chi connectivity index (χ4v) is 3.56. The Morgan fingerprint density at radius 3 is 2.63 bits per heavy atom. The molecule has 2 aliphatic rings. The minimum atomic E-state index is -1.58. The Bertz CT molecular complexity index is 783. The molecule has 0 bridgehead atoms. The van der Waals surface area contributed by atoms with Crippen LogP contribution in [0.1, 0.15) is 48.0 Å². The van der Waals surface area contributed by atoms with Crippen molar-refractivity contribution in [2.75, 3.05) is 19.8 Å². The highest BCUT2D eigenvalue weighted by Gasteiger charge is 2.45. The molecule has 1 spiro atoms. The van der Waals surface area contributed by atoms with Crippen LogP contribution in [0.25, 0.3) is 0 Å². The van der Waals surface area contributed by atoms with Crippen LogP contribution in [0.2, 0.25) is 0 Å². The van der Waals surface area contributed by atoms with E-state index in [1.54, 1.807) is 6.92 Å². The summed E-state index contributed by atoms with van der Waals surface area (Å²) < 4.78 is 45.2. The third kappa shape index (κ3) is 3.86. The first kappa shape index (κ1) is 19.4. The van der Waals surface area contributed by atoms with E-state index in [0.29, 0.717) is 32.5 Å². The number of hydrogen-bond acceptors (Lipinski definition) is 5. The van der Waals surface area contributed by atoms with Crippen LogP contribution >= 0.6 is 0 Å². The lowest BCUT2D eigenvalue weighted by Crippen LogP contribution is -2.25. The maximum absolute atomic E-state index is 14.6. The van der Waals surface area contributed by atoms with Crippen molar-refractivity contribution in [1.82, 2.24) is 0 Å².